The number of anilines is 1. The topological polar surface area (TPSA) is 91.8 Å². The number of piperazine rings is 1. The Morgan fingerprint density at radius 3 is 2.31 bits per heavy atom. The molecule has 1 aliphatic heterocycles. The Morgan fingerprint density at radius 2 is 1.72 bits per heavy atom. The number of amides is 1. The van der Waals surface area contributed by atoms with Crippen LogP contribution in [-0.2, 0) is 14.8 Å². The molecular weight excluding hydrogens is 392 g/mol. The van der Waals surface area contributed by atoms with Gasteiger partial charge in [-0.15, -0.1) is 0 Å². The SMILES string of the molecule is COC[C@@H](C)NS(=O)(=O)c1ccc(C(=O)N2CCN(c3ccncc3)CC2)cc1. The summed E-state index contributed by atoms with van der Waals surface area (Å²) >= 11 is 0. The maximum Gasteiger partial charge on any atom is 0.253 e. The number of aromatic nitrogens is 1. The Bertz CT molecular complexity index is 911. The standard InChI is InChI=1S/C20H26N4O4S/c1-16(15-28-2)22-29(26,27)19-5-3-17(4-6-19)20(25)24-13-11-23(12-14-24)18-7-9-21-10-8-18/h3-10,16,22H,11-15H2,1-2H3/t16-/m1/s1. The summed E-state index contributed by atoms with van der Waals surface area (Å²) in [5.41, 5.74) is 1.57. The van der Waals surface area contributed by atoms with Crippen LogP contribution in [0, 0.1) is 0 Å². The van der Waals surface area contributed by atoms with E-state index < -0.39 is 10.0 Å². The molecule has 1 atom stereocenters. The monoisotopic (exact) mass is 418 g/mol. The second-order valence-electron chi connectivity index (χ2n) is 6.99. The molecule has 8 nitrogen and oxygen atoms in total. The minimum Gasteiger partial charge on any atom is -0.383 e. The van der Waals surface area contributed by atoms with Crippen molar-refractivity contribution in [2.24, 2.45) is 0 Å². The molecule has 0 saturated carbocycles. The molecule has 1 N–H and O–H groups in total. The van der Waals surface area contributed by atoms with Gasteiger partial charge in [0.25, 0.3) is 5.91 Å². The minimum atomic E-state index is -3.65. The Hall–Kier alpha value is -2.49. The summed E-state index contributed by atoms with van der Waals surface area (Å²) in [6.07, 6.45) is 3.51. The number of hydrogen-bond donors (Lipinski definition) is 1. The average molecular weight is 419 g/mol. The molecular formula is C20H26N4O4S. The second-order valence-corrected chi connectivity index (χ2v) is 8.70. The van der Waals surface area contributed by atoms with Crippen LogP contribution in [0.3, 0.4) is 0 Å². The van der Waals surface area contributed by atoms with Crippen molar-refractivity contribution in [3.63, 3.8) is 0 Å². The highest BCUT2D eigenvalue weighted by molar-refractivity contribution is 7.89. The predicted molar refractivity (Wildman–Crippen MR) is 110 cm³/mol. The highest BCUT2D eigenvalue weighted by Gasteiger charge is 2.23. The fourth-order valence-electron chi connectivity index (χ4n) is 3.30. The van der Waals surface area contributed by atoms with Crippen LogP contribution in [0.4, 0.5) is 5.69 Å². The number of carbonyl (C=O) groups is 1. The molecule has 0 unspecified atom stereocenters. The van der Waals surface area contributed by atoms with E-state index in [0.29, 0.717) is 18.7 Å². The van der Waals surface area contributed by atoms with E-state index in [0.717, 1.165) is 18.8 Å². The van der Waals surface area contributed by atoms with Crippen molar-refractivity contribution in [2.45, 2.75) is 17.9 Å². The van der Waals surface area contributed by atoms with Gasteiger partial charge in [-0.25, -0.2) is 13.1 Å². The third-order valence-corrected chi connectivity index (χ3v) is 6.38. The predicted octanol–water partition coefficient (Wildman–Crippen LogP) is 1.36. The molecule has 1 fully saturated rings. The lowest BCUT2D eigenvalue weighted by Crippen LogP contribution is -2.48. The molecule has 29 heavy (non-hydrogen) atoms. The zero-order chi connectivity index (χ0) is 20.9. The van der Waals surface area contributed by atoms with Crippen molar-refractivity contribution >= 4 is 21.6 Å². The van der Waals surface area contributed by atoms with Gasteiger partial charge in [0.2, 0.25) is 10.0 Å². The van der Waals surface area contributed by atoms with Crippen LogP contribution in [0.1, 0.15) is 17.3 Å². The van der Waals surface area contributed by atoms with E-state index in [9.17, 15) is 13.2 Å². The van der Waals surface area contributed by atoms with Crippen molar-refractivity contribution in [1.29, 1.82) is 0 Å². The molecule has 9 heteroatoms. The highest BCUT2D eigenvalue weighted by Crippen LogP contribution is 2.17. The first kappa shape index (κ1) is 21.2. The largest absolute Gasteiger partial charge is 0.383 e. The highest BCUT2D eigenvalue weighted by atomic mass is 32.2. The minimum absolute atomic E-state index is 0.0935. The quantitative estimate of drug-likeness (QED) is 0.730. The van der Waals surface area contributed by atoms with E-state index in [1.807, 2.05) is 12.1 Å². The van der Waals surface area contributed by atoms with Gasteiger partial charge in [-0.1, -0.05) is 0 Å². The van der Waals surface area contributed by atoms with Gasteiger partial charge in [0.05, 0.1) is 11.5 Å². The molecule has 156 valence electrons. The van der Waals surface area contributed by atoms with Gasteiger partial charge in [0.1, 0.15) is 0 Å². The van der Waals surface area contributed by atoms with Gasteiger partial charge in [-0.2, -0.15) is 0 Å². The summed E-state index contributed by atoms with van der Waals surface area (Å²) in [6.45, 7) is 4.70. The second kappa shape index (κ2) is 9.34. The van der Waals surface area contributed by atoms with Crippen LogP contribution in [-0.4, -0.2) is 70.1 Å². The zero-order valence-corrected chi connectivity index (χ0v) is 17.4. The lowest BCUT2D eigenvalue weighted by atomic mass is 10.2. The molecule has 0 bridgehead atoms. The molecule has 1 amide bonds. The van der Waals surface area contributed by atoms with Crippen LogP contribution < -0.4 is 9.62 Å². The molecule has 2 heterocycles. The van der Waals surface area contributed by atoms with Gasteiger partial charge >= 0.3 is 0 Å². The third kappa shape index (κ3) is 5.31. The number of nitrogens with one attached hydrogen (secondary N) is 1. The van der Waals surface area contributed by atoms with E-state index >= 15 is 0 Å². The first-order chi connectivity index (χ1) is 13.9. The van der Waals surface area contributed by atoms with E-state index in [1.165, 1.54) is 19.2 Å². The molecule has 2 aromatic rings. The first-order valence-electron chi connectivity index (χ1n) is 9.46. The number of pyridine rings is 1. The lowest BCUT2D eigenvalue weighted by molar-refractivity contribution is 0.0746. The number of rotatable bonds is 7. The molecule has 1 aromatic heterocycles. The van der Waals surface area contributed by atoms with Crippen LogP contribution in [0.2, 0.25) is 0 Å². The lowest BCUT2D eigenvalue weighted by Gasteiger charge is -2.36. The van der Waals surface area contributed by atoms with Crippen molar-refractivity contribution in [3.8, 4) is 0 Å². The van der Waals surface area contributed by atoms with Crippen molar-refractivity contribution in [1.82, 2.24) is 14.6 Å². The van der Waals surface area contributed by atoms with Crippen molar-refractivity contribution in [2.75, 3.05) is 44.8 Å². The number of nitrogens with zero attached hydrogens (tertiary/aromatic N) is 3. The van der Waals surface area contributed by atoms with Crippen LogP contribution >= 0.6 is 0 Å². The molecule has 0 aliphatic carbocycles. The fourth-order valence-corrected chi connectivity index (χ4v) is 4.53. The maximum absolute atomic E-state index is 12.8. The summed E-state index contributed by atoms with van der Waals surface area (Å²) < 4.78 is 32.3. The zero-order valence-electron chi connectivity index (χ0n) is 16.6. The molecule has 1 aromatic carbocycles. The van der Waals surface area contributed by atoms with Gasteiger partial charge in [0.15, 0.2) is 0 Å². The number of hydrogen-bond acceptors (Lipinski definition) is 6. The van der Waals surface area contributed by atoms with E-state index in [-0.39, 0.29) is 23.5 Å². The summed E-state index contributed by atoms with van der Waals surface area (Å²) in [5.74, 6) is -0.0935. The van der Waals surface area contributed by atoms with Gasteiger partial charge in [-0.3, -0.25) is 9.78 Å². The maximum atomic E-state index is 12.8. The number of ether oxygens (including phenoxy) is 1. The Balaban J connectivity index is 1.61. The first-order valence-corrected chi connectivity index (χ1v) is 10.9. The van der Waals surface area contributed by atoms with Gasteiger partial charge in [-0.05, 0) is 43.3 Å². The fraction of sp³-hybridized carbons (Fsp3) is 0.400. The van der Waals surface area contributed by atoms with Crippen LogP contribution in [0.15, 0.2) is 53.7 Å². The smallest absolute Gasteiger partial charge is 0.253 e. The van der Waals surface area contributed by atoms with E-state index in [2.05, 4.69) is 14.6 Å². The van der Waals surface area contributed by atoms with Crippen LogP contribution in [0.5, 0.6) is 0 Å². The Labute approximate surface area is 171 Å². The molecule has 1 aliphatic rings. The number of sulfonamides is 1. The summed E-state index contributed by atoms with van der Waals surface area (Å²) in [7, 11) is -2.14. The number of carbonyl (C=O) groups excluding carboxylic acids is 1. The molecule has 0 radical (unpaired) electrons. The number of benzene rings is 1. The summed E-state index contributed by atoms with van der Waals surface area (Å²) in [4.78, 5) is 20.9. The van der Waals surface area contributed by atoms with Crippen molar-refractivity contribution in [3.05, 3.63) is 54.4 Å². The van der Waals surface area contributed by atoms with Crippen molar-refractivity contribution < 1.29 is 17.9 Å². The molecule has 1 saturated heterocycles. The van der Waals surface area contributed by atoms with E-state index in [4.69, 9.17) is 4.74 Å². The van der Waals surface area contributed by atoms with Gasteiger partial charge < -0.3 is 14.5 Å². The molecule has 0 spiro atoms. The Morgan fingerprint density at radius 1 is 1.10 bits per heavy atom. The normalized spacial score (nSPS) is 15.9. The molecule has 3 rings (SSSR count). The third-order valence-electron chi connectivity index (χ3n) is 4.78. The van der Waals surface area contributed by atoms with Crippen LogP contribution in [0.25, 0.3) is 0 Å². The Kier molecular flexibility index (Phi) is 6.83. The summed E-state index contributed by atoms with van der Waals surface area (Å²) in [5, 5.41) is 0. The van der Waals surface area contributed by atoms with E-state index in [1.54, 1.807) is 36.4 Å². The average Bonchev–Trinajstić information content (AvgIpc) is 2.74. The summed E-state index contributed by atoms with van der Waals surface area (Å²) in [6, 6.07) is 9.62. The number of methoxy groups -OCH3 is 1. The van der Waals surface area contributed by atoms with Gasteiger partial charge in [0, 0.05) is 63.0 Å².